The molecule has 0 aliphatic carbocycles. The SMILES string of the molecule is CC1CCN(C(=O)Nc2ccc(Oc3ccccc3)cc2)CC1O. The van der Waals surface area contributed by atoms with Crippen LogP contribution < -0.4 is 10.1 Å². The predicted molar refractivity (Wildman–Crippen MR) is 93.3 cm³/mol. The smallest absolute Gasteiger partial charge is 0.321 e. The monoisotopic (exact) mass is 326 g/mol. The Hall–Kier alpha value is -2.53. The Labute approximate surface area is 141 Å². The third kappa shape index (κ3) is 4.06. The van der Waals surface area contributed by atoms with Crippen molar-refractivity contribution in [3.8, 4) is 11.5 Å². The van der Waals surface area contributed by atoms with Crippen molar-refractivity contribution < 1.29 is 14.6 Å². The van der Waals surface area contributed by atoms with Crippen LogP contribution in [-0.2, 0) is 0 Å². The fourth-order valence-corrected chi connectivity index (χ4v) is 2.67. The molecule has 1 fully saturated rings. The number of hydrogen-bond acceptors (Lipinski definition) is 3. The molecule has 24 heavy (non-hydrogen) atoms. The van der Waals surface area contributed by atoms with Crippen molar-refractivity contribution in [3.63, 3.8) is 0 Å². The number of benzene rings is 2. The largest absolute Gasteiger partial charge is 0.457 e. The van der Waals surface area contributed by atoms with Crippen LogP contribution in [0.4, 0.5) is 10.5 Å². The summed E-state index contributed by atoms with van der Waals surface area (Å²) in [6.07, 6.45) is 0.365. The van der Waals surface area contributed by atoms with Gasteiger partial charge in [0.15, 0.2) is 0 Å². The Morgan fingerprint density at radius 1 is 1.12 bits per heavy atom. The lowest BCUT2D eigenvalue weighted by molar-refractivity contribution is 0.0464. The standard InChI is InChI=1S/C19H22N2O3/c1-14-11-12-21(13-18(14)22)19(23)20-15-7-9-17(10-8-15)24-16-5-3-2-4-6-16/h2-10,14,18,22H,11-13H2,1H3,(H,20,23). The van der Waals surface area contributed by atoms with Gasteiger partial charge in [0, 0.05) is 18.8 Å². The van der Waals surface area contributed by atoms with Gasteiger partial charge in [0.2, 0.25) is 0 Å². The molecule has 3 rings (SSSR count). The molecular formula is C19H22N2O3. The number of para-hydroxylation sites is 1. The normalized spacial score (nSPS) is 20.5. The first-order chi connectivity index (χ1) is 11.6. The molecule has 2 aromatic carbocycles. The highest BCUT2D eigenvalue weighted by Crippen LogP contribution is 2.23. The molecule has 1 aliphatic rings. The number of aliphatic hydroxyl groups is 1. The van der Waals surface area contributed by atoms with Crippen LogP contribution >= 0.6 is 0 Å². The molecular weight excluding hydrogens is 304 g/mol. The van der Waals surface area contributed by atoms with Gasteiger partial charge in [-0.15, -0.1) is 0 Å². The van der Waals surface area contributed by atoms with E-state index in [0.29, 0.717) is 24.5 Å². The topological polar surface area (TPSA) is 61.8 Å². The lowest BCUT2D eigenvalue weighted by Crippen LogP contribution is -2.47. The molecule has 0 radical (unpaired) electrons. The van der Waals surface area contributed by atoms with E-state index in [9.17, 15) is 9.90 Å². The number of anilines is 1. The van der Waals surface area contributed by atoms with Gasteiger partial charge in [0.1, 0.15) is 11.5 Å². The van der Waals surface area contributed by atoms with Crippen LogP contribution in [0.3, 0.4) is 0 Å². The number of aliphatic hydroxyl groups excluding tert-OH is 1. The molecule has 1 aliphatic heterocycles. The van der Waals surface area contributed by atoms with Crippen molar-refractivity contribution in [2.24, 2.45) is 5.92 Å². The number of carbonyl (C=O) groups is 1. The van der Waals surface area contributed by atoms with Crippen LogP contribution in [0.25, 0.3) is 0 Å². The summed E-state index contributed by atoms with van der Waals surface area (Å²) in [5.74, 6) is 1.72. The quantitative estimate of drug-likeness (QED) is 0.904. The molecule has 0 aromatic heterocycles. The molecule has 2 atom stereocenters. The number of piperidine rings is 1. The zero-order valence-corrected chi connectivity index (χ0v) is 13.7. The lowest BCUT2D eigenvalue weighted by atomic mass is 9.96. The van der Waals surface area contributed by atoms with Gasteiger partial charge >= 0.3 is 6.03 Å². The summed E-state index contributed by atoms with van der Waals surface area (Å²) in [4.78, 5) is 13.9. The highest BCUT2D eigenvalue weighted by atomic mass is 16.5. The number of likely N-dealkylation sites (tertiary alicyclic amines) is 1. The second-order valence-corrected chi connectivity index (χ2v) is 6.15. The summed E-state index contributed by atoms with van der Waals surface area (Å²) in [5, 5.41) is 12.8. The third-order valence-electron chi connectivity index (χ3n) is 4.29. The van der Waals surface area contributed by atoms with Gasteiger partial charge in [-0.3, -0.25) is 0 Å². The minimum Gasteiger partial charge on any atom is -0.457 e. The van der Waals surface area contributed by atoms with Gasteiger partial charge in [-0.1, -0.05) is 25.1 Å². The fraction of sp³-hybridized carbons (Fsp3) is 0.316. The molecule has 0 bridgehead atoms. The van der Waals surface area contributed by atoms with Crippen LogP contribution in [0.1, 0.15) is 13.3 Å². The maximum absolute atomic E-state index is 12.3. The molecule has 2 amide bonds. The van der Waals surface area contributed by atoms with E-state index in [1.54, 1.807) is 17.0 Å². The number of carbonyl (C=O) groups excluding carboxylic acids is 1. The molecule has 126 valence electrons. The Balaban J connectivity index is 1.57. The van der Waals surface area contributed by atoms with Crippen LogP contribution in [-0.4, -0.2) is 35.2 Å². The van der Waals surface area contributed by atoms with Gasteiger partial charge < -0.3 is 20.1 Å². The number of urea groups is 1. The number of amides is 2. The first-order valence-electron chi connectivity index (χ1n) is 8.19. The zero-order chi connectivity index (χ0) is 16.9. The van der Waals surface area contributed by atoms with E-state index in [0.717, 1.165) is 12.2 Å². The van der Waals surface area contributed by atoms with E-state index in [2.05, 4.69) is 5.32 Å². The number of nitrogens with zero attached hydrogens (tertiary/aromatic N) is 1. The molecule has 2 aromatic rings. The second kappa shape index (κ2) is 7.36. The number of nitrogens with one attached hydrogen (secondary N) is 1. The molecule has 5 nitrogen and oxygen atoms in total. The summed E-state index contributed by atoms with van der Waals surface area (Å²) in [7, 11) is 0. The van der Waals surface area contributed by atoms with E-state index in [4.69, 9.17) is 4.74 Å². The molecule has 1 saturated heterocycles. The Bertz CT molecular complexity index is 673. The average molecular weight is 326 g/mol. The number of hydrogen-bond donors (Lipinski definition) is 2. The number of ether oxygens (including phenoxy) is 1. The highest BCUT2D eigenvalue weighted by Gasteiger charge is 2.27. The number of β-amino-alcohol motifs (C(OH)–C–C–N with tert-alkyl or cyclic N) is 1. The van der Waals surface area contributed by atoms with E-state index >= 15 is 0 Å². The zero-order valence-electron chi connectivity index (χ0n) is 13.7. The van der Waals surface area contributed by atoms with Crippen molar-refractivity contribution >= 4 is 11.7 Å². The van der Waals surface area contributed by atoms with Crippen LogP contribution in [0.2, 0.25) is 0 Å². The van der Waals surface area contributed by atoms with Crippen molar-refractivity contribution in [2.75, 3.05) is 18.4 Å². The van der Waals surface area contributed by atoms with Crippen molar-refractivity contribution in [1.29, 1.82) is 0 Å². The predicted octanol–water partition coefficient (Wildman–Crippen LogP) is 3.71. The minimum absolute atomic E-state index is 0.183. The van der Waals surface area contributed by atoms with Crippen LogP contribution in [0.15, 0.2) is 54.6 Å². The van der Waals surface area contributed by atoms with Crippen molar-refractivity contribution in [1.82, 2.24) is 4.90 Å². The summed E-state index contributed by atoms with van der Waals surface area (Å²) < 4.78 is 5.72. The number of rotatable bonds is 3. The van der Waals surface area contributed by atoms with Gasteiger partial charge in [-0.05, 0) is 48.7 Å². The molecule has 5 heteroatoms. The summed E-state index contributed by atoms with van der Waals surface area (Å²) in [6, 6.07) is 16.6. The Morgan fingerprint density at radius 3 is 2.46 bits per heavy atom. The van der Waals surface area contributed by atoms with E-state index < -0.39 is 6.10 Å². The van der Waals surface area contributed by atoms with Crippen molar-refractivity contribution in [2.45, 2.75) is 19.4 Å². The van der Waals surface area contributed by atoms with Crippen molar-refractivity contribution in [3.05, 3.63) is 54.6 Å². The first-order valence-corrected chi connectivity index (χ1v) is 8.19. The van der Waals surface area contributed by atoms with Gasteiger partial charge in [0.25, 0.3) is 0 Å². The van der Waals surface area contributed by atoms with Crippen LogP contribution in [0.5, 0.6) is 11.5 Å². The van der Waals surface area contributed by atoms with E-state index in [-0.39, 0.29) is 11.9 Å². The summed E-state index contributed by atoms with van der Waals surface area (Å²) in [5.41, 5.74) is 0.702. The van der Waals surface area contributed by atoms with Gasteiger partial charge in [0.05, 0.1) is 6.10 Å². The fourth-order valence-electron chi connectivity index (χ4n) is 2.67. The lowest BCUT2D eigenvalue weighted by Gasteiger charge is -2.34. The minimum atomic E-state index is -0.453. The summed E-state index contributed by atoms with van der Waals surface area (Å²) >= 11 is 0. The molecule has 1 heterocycles. The highest BCUT2D eigenvalue weighted by molar-refractivity contribution is 5.89. The van der Waals surface area contributed by atoms with Crippen LogP contribution in [0, 0.1) is 5.92 Å². The Kier molecular flexibility index (Phi) is 5.01. The average Bonchev–Trinajstić information content (AvgIpc) is 2.60. The molecule has 2 unspecified atom stereocenters. The Morgan fingerprint density at radius 2 is 1.79 bits per heavy atom. The summed E-state index contributed by atoms with van der Waals surface area (Å²) in [6.45, 7) is 3.05. The van der Waals surface area contributed by atoms with Gasteiger partial charge in [-0.2, -0.15) is 0 Å². The molecule has 0 saturated carbocycles. The molecule has 2 N–H and O–H groups in total. The van der Waals surface area contributed by atoms with Gasteiger partial charge in [-0.25, -0.2) is 4.79 Å². The van der Waals surface area contributed by atoms with E-state index in [1.807, 2.05) is 49.4 Å². The third-order valence-corrected chi connectivity index (χ3v) is 4.29. The van der Waals surface area contributed by atoms with E-state index in [1.165, 1.54) is 0 Å². The maximum Gasteiger partial charge on any atom is 0.321 e. The first kappa shape index (κ1) is 16.3. The second-order valence-electron chi connectivity index (χ2n) is 6.15. The maximum atomic E-state index is 12.3. The molecule has 0 spiro atoms.